The van der Waals surface area contributed by atoms with Gasteiger partial charge in [0, 0.05) is 24.8 Å². The second kappa shape index (κ2) is 5.49. The lowest BCUT2D eigenvalue weighted by molar-refractivity contribution is 0.242. The van der Waals surface area contributed by atoms with Gasteiger partial charge >= 0.3 is 0 Å². The molecule has 1 aliphatic heterocycles. The summed E-state index contributed by atoms with van der Waals surface area (Å²) in [5.41, 5.74) is 7.99. The molecule has 0 spiro atoms. The number of fused-ring (bicyclic) bond motifs is 1. The minimum Gasteiger partial charge on any atom is -0.353 e. The summed E-state index contributed by atoms with van der Waals surface area (Å²) in [4.78, 5) is 7.37. The van der Waals surface area contributed by atoms with Crippen molar-refractivity contribution in [1.29, 1.82) is 0 Å². The lowest BCUT2D eigenvalue weighted by Gasteiger charge is -2.45. The Bertz CT molecular complexity index is 442. The van der Waals surface area contributed by atoms with Gasteiger partial charge in [-0.3, -0.25) is 0 Å². The Labute approximate surface area is 116 Å². The van der Waals surface area contributed by atoms with Gasteiger partial charge in [0.2, 0.25) is 0 Å². The van der Waals surface area contributed by atoms with Crippen LogP contribution in [0.2, 0.25) is 0 Å². The second-order valence-electron chi connectivity index (χ2n) is 6.07. The second-order valence-corrected chi connectivity index (χ2v) is 6.07. The SMILES string of the molecule is Cc1nc(N2CCC[C@H]3CCCC[C@H]32)ccc1CN. The Balaban J connectivity index is 1.85. The molecular weight excluding hydrogens is 234 g/mol. The number of nitrogens with zero attached hydrogens (tertiary/aromatic N) is 2. The van der Waals surface area contributed by atoms with E-state index in [1.165, 1.54) is 56.5 Å². The van der Waals surface area contributed by atoms with E-state index in [2.05, 4.69) is 24.0 Å². The predicted molar refractivity (Wildman–Crippen MR) is 79.2 cm³/mol. The van der Waals surface area contributed by atoms with Crippen LogP contribution in [-0.4, -0.2) is 17.6 Å². The molecule has 1 aliphatic carbocycles. The minimum absolute atomic E-state index is 0.588. The van der Waals surface area contributed by atoms with Crippen LogP contribution >= 0.6 is 0 Å². The molecule has 1 saturated heterocycles. The lowest BCUT2D eigenvalue weighted by Crippen LogP contribution is -2.47. The van der Waals surface area contributed by atoms with Crippen molar-refractivity contribution >= 4 is 5.82 Å². The van der Waals surface area contributed by atoms with Crippen molar-refractivity contribution in [2.75, 3.05) is 11.4 Å². The summed E-state index contributed by atoms with van der Waals surface area (Å²) in [5, 5.41) is 0. The fourth-order valence-corrected chi connectivity index (χ4v) is 3.86. The first-order valence-electron chi connectivity index (χ1n) is 7.73. The first-order chi connectivity index (χ1) is 9.29. The van der Waals surface area contributed by atoms with Crippen molar-refractivity contribution in [2.45, 2.75) is 58.0 Å². The molecule has 2 heterocycles. The highest BCUT2D eigenvalue weighted by atomic mass is 15.2. The van der Waals surface area contributed by atoms with E-state index >= 15 is 0 Å². The number of pyridine rings is 1. The number of rotatable bonds is 2. The summed E-state index contributed by atoms with van der Waals surface area (Å²) < 4.78 is 0. The van der Waals surface area contributed by atoms with Gasteiger partial charge in [0.05, 0.1) is 0 Å². The lowest BCUT2D eigenvalue weighted by atomic mass is 9.78. The van der Waals surface area contributed by atoms with Gasteiger partial charge < -0.3 is 10.6 Å². The van der Waals surface area contributed by atoms with Crippen molar-refractivity contribution in [3.63, 3.8) is 0 Å². The Kier molecular flexibility index (Phi) is 3.74. The number of piperidine rings is 1. The number of nitrogens with two attached hydrogens (primary N) is 1. The zero-order valence-electron chi connectivity index (χ0n) is 11.9. The molecule has 2 atom stereocenters. The fourth-order valence-electron chi connectivity index (χ4n) is 3.86. The van der Waals surface area contributed by atoms with Gasteiger partial charge in [0.1, 0.15) is 5.82 Å². The van der Waals surface area contributed by atoms with E-state index in [9.17, 15) is 0 Å². The smallest absolute Gasteiger partial charge is 0.129 e. The molecule has 104 valence electrons. The van der Waals surface area contributed by atoms with E-state index in [1.807, 2.05) is 0 Å². The van der Waals surface area contributed by atoms with Gasteiger partial charge in [-0.25, -0.2) is 4.98 Å². The molecule has 2 aliphatic rings. The van der Waals surface area contributed by atoms with Crippen LogP contribution in [0, 0.1) is 12.8 Å². The van der Waals surface area contributed by atoms with Gasteiger partial charge in [0.15, 0.2) is 0 Å². The third kappa shape index (κ3) is 2.48. The molecule has 2 N–H and O–H groups in total. The van der Waals surface area contributed by atoms with Crippen molar-refractivity contribution in [1.82, 2.24) is 4.98 Å². The zero-order valence-corrected chi connectivity index (χ0v) is 11.9. The van der Waals surface area contributed by atoms with Crippen LogP contribution in [0.1, 0.15) is 49.8 Å². The van der Waals surface area contributed by atoms with E-state index in [0.717, 1.165) is 17.7 Å². The molecule has 1 saturated carbocycles. The molecule has 0 radical (unpaired) electrons. The molecule has 3 nitrogen and oxygen atoms in total. The summed E-state index contributed by atoms with van der Waals surface area (Å²) in [6, 6.07) is 5.06. The Morgan fingerprint density at radius 1 is 1.21 bits per heavy atom. The molecule has 1 aromatic heterocycles. The van der Waals surface area contributed by atoms with Gasteiger partial charge in [-0.2, -0.15) is 0 Å². The van der Waals surface area contributed by atoms with Gasteiger partial charge in [-0.15, -0.1) is 0 Å². The predicted octanol–water partition coefficient (Wildman–Crippen LogP) is 3.01. The summed E-state index contributed by atoms with van der Waals surface area (Å²) >= 11 is 0. The molecule has 2 fully saturated rings. The molecule has 3 rings (SSSR count). The van der Waals surface area contributed by atoms with Crippen LogP contribution in [0.5, 0.6) is 0 Å². The third-order valence-electron chi connectivity index (χ3n) is 4.94. The quantitative estimate of drug-likeness (QED) is 0.887. The summed E-state index contributed by atoms with van der Waals surface area (Å²) in [6.45, 7) is 3.84. The molecule has 1 aromatic rings. The summed E-state index contributed by atoms with van der Waals surface area (Å²) in [7, 11) is 0. The minimum atomic E-state index is 0.588. The maximum Gasteiger partial charge on any atom is 0.129 e. The monoisotopic (exact) mass is 259 g/mol. The number of hydrogen-bond acceptors (Lipinski definition) is 3. The van der Waals surface area contributed by atoms with Crippen molar-refractivity contribution in [3.8, 4) is 0 Å². The van der Waals surface area contributed by atoms with Gasteiger partial charge in [0.25, 0.3) is 0 Å². The maximum absolute atomic E-state index is 5.73. The highest BCUT2D eigenvalue weighted by molar-refractivity contribution is 5.43. The Hall–Kier alpha value is -1.09. The number of hydrogen-bond donors (Lipinski definition) is 1. The molecule has 0 aromatic carbocycles. The molecule has 3 heteroatoms. The Morgan fingerprint density at radius 3 is 2.79 bits per heavy atom. The molecule has 0 bridgehead atoms. The average Bonchev–Trinajstić information content (AvgIpc) is 2.46. The summed E-state index contributed by atoms with van der Waals surface area (Å²) in [6.07, 6.45) is 8.32. The highest BCUT2D eigenvalue weighted by Gasteiger charge is 2.33. The van der Waals surface area contributed by atoms with E-state index in [1.54, 1.807) is 0 Å². The van der Waals surface area contributed by atoms with Crippen LogP contribution in [0.3, 0.4) is 0 Å². The third-order valence-corrected chi connectivity index (χ3v) is 4.94. The van der Waals surface area contributed by atoms with Crippen molar-refractivity contribution in [2.24, 2.45) is 11.7 Å². The van der Waals surface area contributed by atoms with E-state index in [-0.39, 0.29) is 0 Å². The van der Waals surface area contributed by atoms with E-state index < -0.39 is 0 Å². The first kappa shape index (κ1) is 12.9. The highest BCUT2D eigenvalue weighted by Crippen LogP contribution is 2.37. The van der Waals surface area contributed by atoms with Crippen LogP contribution in [-0.2, 0) is 6.54 Å². The molecule has 19 heavy (non-hydrogen) atoms. The standard InChI is InChI=1S/C16H25N3/c1-12-14(11-17)8-9-16(18-12)19-10-4-6-13-5-2-3-7-15(13)19/h8-9,13,15H,2-7,10-11,17H2,1H3/t13-,15-/m1/s1. The van der Waals surface area contributed by atoms with Gasteiger partial charge in [-0.1, -0.05) is 18.9 Å². The van der Waals surface area contributed by atoms with E-state index in [0.29, 0.717) is 6.54 Å². The van der Waals surface area contributed by atoms with Gasteiger partial charge in [-0.05, 0) is 50.2 Å². The normalized spacial score (nSPS) is 27.2. The topological polar surface area (TPSA) is 42.2 Å². The fraction of sp³-hybridized carbons (Fsp3) is 0.688. The Morgan fingerprint density at radius 2 is 2.00 bits per heavy atom. The molecule has 0 amide bonds. The van der Waals surface area contributed by atoms with Crippen LogP contribution < -0.4 is 10.6 Å². The number of aryl methyl sites for hydroxylation is 1. The molecule has 0 unspecified atom stereocenters. The molecular formula is C16H25N3. The number of aromatic nitrogens is 1. The van der Waals surface area contributed by atoms with E-state index in [4.69, 9.17) is 10.7 Å². The van der Waals surface area contributed by atoms with Crippen molar-refractivity contribution in [3.05, 3.63) is 23.4 Å². The van der Waals surface area contributed by atoms with Crippen LogP contribution in [0.4, 0.5) is 5.82 Å². The average molecular weight is 259 g/mol. The summed E-state index contributed by atoms with van der Waals surface area (Å²) in [5.74, 6) is 2.07. The number of anilines is 1. The van der Waals surface area contributed by atoms with Crippen LogP contribution in [0.25, 0.3) is 0 Å². The zero-order chi connectivity index (χ0) is 13.2. The van der Waals surface area contributed by atoms with Crippen LogP contribution in [0.15, 0.2) is 12.1 Å². The largest absolute Gasteiger partial charge is 0.353 e. The first-order valence-corrected chi connectivity index (χ1v) is 7.73. The maximum atomic E-state index is 5.73. The van der Waals surface area contributed by atoms with Crippen molar-refractivity contribution < 1.29 is 0 Å².